The smallest absolute Gasteiger partial charge is 0.311 e. The van der Waals surface area contributed by atoms with Crippen LogP contribution >= 0.6 is 0 Å². The lowest BCUT2D eigenvalue weighted by Crippen LogP contribution is -2.52. The van der Waals surface area contributed by atoms with Gasteiger partial charge in [-0.1, -0.05) is 0 Å². The van der Waals surface area contributed by atoms with Crippen LogP contribution in [0.3, 0.4) is 0 Å². The molecule has 2 heterocycles. The van der Waals surface area contributed by atoms with E-state index in [2.05, 4.69) is 10.2 Å². The summed E-state index contributed by atoms with van der Waals surface area (Å²) >= 11 is 0. The highest BCUT2D eigenvalue weighted by Gasteiger charge is 2.39. The maximum Gasteiger partial charge on any atom is 0.311 e. The number of likely N-dealkylation sites (N-methyl/N-ethyl adjacent to an activating group) is 1. The molecule has 2 unspecified atom stereocenters. The lowest BCUT2D eigenvalue weighted by molar-refractivity contribution is -0.145. The third-order valence-electron chi connectivity index (χ3n) is 4.00. The first-order chi connectivity index (χ1) is 9.63. The van der Waals surface area contributed by atoms with Gasteiger partial charge in [-0.2, -0.15) is 0 Å². The Labute approximate surface area is 118 Å². The molecule has 2 fully saturated rings. The molecule has 0 radical (unpaired) electrons. The molecular formula is C13H23N3O4. The predicted octanol–water partition coefficient (Wildman–Crippen LogP) is -1.16. The van der Waals surface area contributed by atoms with Crippen LogP contribution in [0.25, 0.3) is 0 Å². The van der Waals surface area contributed by atoms with Crippen LogP contribution in [-0.2, 0) is 14.3 Å². The van der Waals surface area contributed by atoms with Crippen LogP contribution in [-0.4, -0.2) is 85.3 Å². The van der Waals surface area contributed by atoms with Gasteiger partial charge < -0.3 is 20.1 Å². The fraction of sp³-hybridized carbons (Fsp3) is 0.846. The number of carboxylic acid groups (broad SMARTS) is 1. The van der Waals surface area contributed by atoms with Crippen molar-refractivity contribution in [3.8, 4) is 0 Å². The first-order valence-corrected chi connectivity index (χ1v) is 7.16. The van der Waals surface area contributed by atoms with Crippen molar-refractivity contribution in [2.24, 2.45) is 5.92 Å². The van der Waals surface area contributed by atoms with Crippen LogP contribution in [0, 0.1) is 5.92 Å². The summed E-state index contributed by atoms with van der Waals surface area (Å²) in [5, 5.41) is 12.4. The van der Waals surface area contributed by atoms with Crippen LogP contribution in [0.2, 0.25) is 0 Å². The van der Waals surface area contributed by atoms with E-state index in [4.69, 9.17) is 4.74 Å². The molecule has 2 atom stereocenters. The molecule has 0 aromatic carbocycles. The van der Waals surface area contributed by atoms with Crippen LogP contribution in [0.1, 0.15) is 6.92 Å². The van der Waals surface area contributed by atoms with Crippen LogP contribution in [0.5, 0.6) is 0 Å². The Balaban J connectivity index is 1.95. The molecule has 2 saturated heterocycles. The van der Waals surface area contributed by atoms with Crippen molar-refractivity contribution < 1.29 is 19.4 Å². The van der Waals surface area contributed by atoms with Gasteiger partial charge >= 0.3 is 5.97 Å². The van der Waals surface area contributed by atoms with Gasteiger partial charge in [0.1, 0.15) is 5.92 Å². The molecule has 0 aromatic rings. The number of ether oxygens (including phenoxy) is 1. The van der Waals surface area contributed by atoms with Crippen molar-refractivity contribution in [2.45, 2.75) is 13.0 Å². The summed E-state index contributed by atoms with van der Waals surface area (Å²) in [6.45, 7) is 6.76. The molecule has 0 aromatic heterocycles. The lowest BCUT2D eigenvalue weighted by atomic mass is 10.0. The molecule has 2 aliphatic rings. The predicted molar refractivity (Wildman–Crippen MR) is 72.4 cm³/mol. The highest BCUT2D eigenvalue weighted by molar-refractivity contribution is 5.80. The Morgan fingerprint density at radius 2 is 2.05 bits per heavy atom. The van der Waals surface area contributed by atoms with Gasteiger partial charge in [-0.05, 0) is 6.92 Å². The van der Waals surface area contributed by atoms with Crippen molar-refractivity contribution >= 4 is 11.9 Å². The third kappa shape index (κ3) is 3.47. The molecular weight excluding hydrogens is 262 g/mol. The van der Waals surface area contributed by atoms with E-state index in [0.717, 1.165) is 26.2 Å². The highest BCUT2D eigenvalue weighted by Crippen LogP contribution is 2.20. The Kier molecular flexibility index (Phi) is 5.33. The second-order valence-corrected chi connectivity index (χ2v) is 5.26. The van der Waals surface area contributed by atoms with E-state index in [9.17, 15) is 14.7 Å². The molecule has 7 heteroatoms. The molecule has 7 nitrogen and oxygen atoms in total. The minimum atomic E-state index is -0.888. The van der Waals surface area contributed by atoms with E-state index in [-0.39, 0.29) is 18.6 Å². The van der Waals surface area contributed by atoms with E-state index < -0.39 is 11.9 Å². The average molecular weight is 285 g/mol. The van der Waals surface area contributed by atoms with Gasteiger partial charge in [0.05, 0.1) is 25.8 Å². The summed E-state index contributed by atoms with van der Waals surface area (Å²) in [6, 6.07) is -0.340. The number of carbonyl (C=O) groups excluding carboxylic acids is 1. The van der Waals surface area contributed by atoms with Gasteiger partial charge in [-0.3, -0.25) is 14.5 Å². The molecule has 2 N–H and O–H groups in total. The molecule has 114 valence electrons. The fourth-order valence-corrected chi connectivity index (χ4v) is 2.83. The number of amides is 1. The molecule has 1 amide bonds. The standard InChI is InChI=1S/C13H23N3O4/c1-2-16(11-9-20-8-10(11)13(18)19)12(17)7-15-5-3-14-4-6-15/h10-11,14H,2-9H2,1H3,(H,18,19). The number of carbonyl (C=O) groups is 2. The molecule has 20 heavy (non-hydrogen) atoms. The number of hydrogen-bond acceptors (Lipinski definition) is 5. The summed E-state index contributed by atoms with van der Waals surface area (Å²) in [5.41, 5.74) is 0. The maximum absolute atomic E-state index is 12.4. The second kappa shape index (κ2) is 7.01. The molecule has 0 saturated carbocycles. The van der Waals surface area contributed by atoms with Gasteiger partial charge in [0.2, 0.25) is 5.91 Å². The van der Waals surface area contributed by atoms with E-state index in [1.807, 2.05) is 6.92 Å². The Morgan fingerprint density at radius 1 is 1.35 bits per heavy atom. The van der Waals surface area contributed by atoms with Crippen molar-refractivity contribution in [3.63, 3.8) is 0 Å². The Bertz CT molecular complexity index is 358. The summed E-state index contributed by atoms with van der Waals surface area (Å²) in [5.74, 6) is -1.50. The van der Waals surface area contributed by atoms with E-state index >= 15 is 0 Å². The van der Waals surface area contributed by atoms with Crippen LogP contribution in [0.4, 0.5) is 0 Å². The normalized spacial score (nSPS) is 27.4. The number of carboxylic acids is 1. The zero-order valence-corrected chi connectivity index (χ0v) is 11.9. The molecule has 0 aliphatic carbocycles. The van der Waals surface area contributed by atoms with Gasteiger partial charge in [-0.25, -0.2) is 0 Å². The van der Waals surface area contributed by atoms with E-state index in [0.29, 0.717) is 19.7 Å². The van der Waals surface area contributed by atoms with Crippen molar-refractivity contribution in [2.75, 3.05) is 52.5 Å². The number of nitrogens with zero attached hydrogens (tertiary/aromatic N) is 2. The zero-order chi connectivity index (χ0) is 14.5. The number of aliphatic carboxylic acids is 1. The SMILES string of the molecule is CCN(C(=O)CN1CCNCC1)C1COCC1C(=O)O. The first kappa shape index (κ1) is 15.2. The topological polar surface area (TPSA) is 82.1 Å². The number of hydrogen-bond donors (Lipinski definition) is 2. The lowest BCUT2D eigenvalue weighted by Gasteiger charge is -2.33. The van der Waals surface area contributed by atoms with Crippen LogP contribution < -0.4 is 5.32 Å². The Morgan fingerprint density at radius 3 is 2.65 bits per heavy atom. The van der Waals surface area contributed by atoms with Gasteiger partial charge in [0.15, 0.2) is 0 Å². The average Bonchev–Trinajstić information content (AvgIpc) is 2.90. The third-order valence-corrected chi connectivity index (χ3v) is 4.00. The molecule has 0 bridgehead atoms. The maximum atomic E-state index is 12.4. The van der Waals surface area contributed by atoms with Crippen LogP contribution in [0.15, 0.2) is 0 Å². The molecule has 2 aliphatic heterocycles. The van der Waals surface area contributed by atoms with E-state index in [1.165, 1.54) is 0 Å². The summed E-state index contributed by atoms with van der Waals surface area (Å²) in [4.78, 5) is 27.4. The summed E-state index contributed by atoms with van der Waals surface area (Å²) in [7, 11) is 0. The zero-order valence-electron chi connectivity index (χ0n) is 11.9. The van der Waals surface area contributed by atoms with Gasteiger partial charge in [0, 0.05) is 32.7 Å². The molecule has 0 spiro atoms. The summed E-state index contributed by atoms with van der Waals surface area (Å²) in [6.07, 6.45) is 0. The fourth-order valence-electron chi connectivity index (χ4n) is 2.83. The molecule has 2 rings (SSSR count). The van der Waals surface area contributed by atoms with Gasteiger partial charge in [0.25, 0.3) is 0 Å². The van der Waals surface area contributed by atoms with Crippen molar-refractivity contribution in [3.05, 3.63) is 0 Å². The highest BCUT2D eigenvalue weighted by atomic mass is 16.5. The number of nitrogens with one attached hydrogen (secondary N) is 1. The Hall–Kier alpha value is -1.18. The first-order valence-electron chi connectivity index (χ1n) is 7.16. The van der Waals surface area contributed by atoms with Crippen molar-refractivity contribution in [1.29, 1.82) is 0 Å². The monoisotopic (exact) mass is 285 g/mol. The number of piperazine rings is 1. The number of rotatable bonds is 5. The minimum absolute atomic E-state index is 0.00356. The minimum Gasteiger partial charge on any atom is -0.481 e. The largest absolute Gasteiger partial charge is 0.481 e. The van der Waals surface area contributed by atoms with Gasteiger partial charge in [-0.15, -0.1) is 0 Å². The quantitative estimate of drug-likeness (QED) is 0.663. The van der Waals surface area contributed by atoms with E-state index in [1.54, 1.807) is 4.90 Å². The van der Waals surface area contributed by atoms with Crippen molar-refractivity contribution in [1.82, 2.24) is 15.1 Å². The second-order valence-electron chi connectivity index (χ2n) is 5.26. The summed E-state index contributed by atoms with van der Waals surface area (Å²) < 4.78 is 5.26.